The molecule has 3 nitrogen and oxygen atoms in total. The number of carbonyl (C=O) groups is 1. The van der Waals surface area contributed by atoms with Crippen LogP contribution in [0.2, 0.25) is 0 Å². The van der Waals surface area contributed by atoms with Crippen molar-refractivity contribution in [2.75, 3.05) is 7.05 Å². The van der Waals surface area contributed by atoms with E-state index in [1.807, 2.05) is 43.4 Å². The zero-order valence-electron chi connectivity index (χ0n) is 11.9. The number of benzene rings is 2. The number of hydrogen-bond donors (Lipinski definition) is 1. The fourth-order valence-corrected chi connectivity index (χ4v) is 2.79. The highest BCUT2D eigenvalue weighted by Gasteiger charge is 2.09. The Morgan fingerprint density at radius 3 is 2.48 bits per heavy atom. The molecule has 0 aliphatic rings. The Morgan fingerprint density at radius 2 is 1.81 bits per heavy atom. The summed E-state index contributed by atoms with van der Waals surface area (Å²) in [5.41, 5.74) is 3.17. The van der Waals surface area contributed by atoms with Crippen LogP contribution in [0.4, 0.5) is 0 Å². The van der Waals surface area contributed by atoms with E-state index < -0.39 is 5.97 Å². The Bertz CT molecular complexity index is 628. The number of aliphatic carboxylic acids is 1. The summed E-state index contributed by atoms with van der Waals surface area (Å²) in [6, 6.07) is 15.9. The van der Waals surface area contributed by atoms with E-state index in [0.717, 1.165) is 28.7 Å². The Kier molecular flexibility index (Phi) is 5.53. The van der Waals surface area contributed by atoms with Gasteiger partial charge in [-0.05, 0) is 35.9 Å². The van der Waals surface area contributed by atoms with Crippen LogP contribution in [-0.4, -0.2) is 23.0 Å². The van der Waals surface area contributed by atoms with Gasteiger partial charge < -0.3 is 5.11 Å². The first-order valence-electron chi connectivity index (χ1n) is 6.76. The lowest BCUT2D eigenvalue weighted by Gasteiger charge is -2.18. The van der Waals surface area contributed by atoms with Gasteiger partial charge in [-0.25, -0.2) is 0 Å². The molecule has 2 aromatic rings. The van der Waals surface area contributed by atoms with E-state index in [9.17, 15) is 4.79 Å². The molecule has 0 aromatic heterocycles. The van der Waals surface area contributed by atoms with E-state index in [4.69, 9.17) is 5.11 Å². The van der Waals surface area contributed by atoms with Gasteiger partial charge in [0.25, 0.3) is 0 Å². The first-order chi connectivity index (χ1) is 10.0. The summed E-state index contributed by atoms with van der Waals surface area (Å²) in [4.78, 5) is 13.1. The number of rotatable bonds is 6. The standard InChI is InChI=1S/C17H18BrNO2/c1-19(11-13-5-4-8-16(18)9-13)12-15-7-3-2-6-14(15)10-17(20)21/h2-9H,10-12H2,1H3,(H,20,21). The Labute approximate surface area is 133 Å². The predicted octanol–water partition coefficient (Wildman–Crippen LogP) is 3.71. The van der Waals surface area contributed by atoms with Crippen LogP contribution in [-0.2, 0) is 24.3 Å². The first-order valence-corrected chi connectivity index (χ1v) is 7.55. The van der Waals surface area contributed by atoms with Crippen LogP contribution in [0, 0.1) is 0 Å². The van der Waals surface area contributed by atoms with Gasteiger partial charge in [0.2, 0.25) is 0 Å². The van der Waals surface area contributed by atoms with Crippen molar-refractivity contribution in [3.8, 4) is 0 Å². The second kappa shape index (κ2) is 7.38. The topological polar surface area (TPSA) is 40.5 Å². The van der Waals surface area contributed by atoms with Crippen LogP contribution in [0.5, 0.6) is 0 Å². The molecule has 1 N–H and O–H groups in total. The smallest absolute Gasteiger partial charge is 0.307 e. The van der Waals surface area contributed by atoms with Gasteiger partial charge in [0.15, 0.2) is 0 Å². The van der Waals surface area contributed by atoms with E-state index >= 15 is 0 Å². The van der Waals surface area contributed by atoms with Crippen molar-refractivity contribution in [1.29, 1.82) is 0 Å². The van der Waals surface area contributed by atoms with Gasteiger partial charge in [-0.15, -0.1) is 0 Å². The lowest BCUT2D eigenvalue weighted by atomic mass is 10.0. The maximum absolute atomic E-state index is 10.9. The molecule has 0 fully saturated rings. The summed E-state index contributed by atoms with van der Waals surface area (Å²) in [5.74, 6) is -0.794. The number of nitrogens with zero attached hydrogens (tertiary/aromatic N) is 1. The van der Waals surface area contributed by atoms with Crippen LogP contribution in [0.1, 0.15) is 16.7 Å². The highest BCUT2D eigenvalue weighted by molar-refractivity contribution is 9.10. The maximum atomic E-state index is 10.9. The number of carboxylic acid groups (broad SMARTS) is 1. The highest BCUT2D eigenvalue weighted by atomic mass is 79.9. The van der Waals surface area contributed by atoms with Gasteiger partial charge in [0, 0.05) is 17.6 Å². The molecule has 0 saturated carbocycles. The summed E-state index contributed by atoms with van der Waals surface area (Å²) in [6.45, 7) is 1.55. The number of halogens is 1. The van der Waals surface area contributed by atoms with Gasteiger partial charge in [-0.1, -0.05) is 52.3 Å². The summed E-state index contributed by atoms with van der Waals surface area (Å²) < 4.78 is 1.07. The Balaban J connectivity index is 2.05. The molecule has 0 atom stereocenters. The third-order valence-electron chi connectivity index (χ3n) is 3.24. The first kappa shape index (κ1) is 15.7. The van der Waals surface area contributed by atoms with Crippen molar-refractivity contribution < 1.29 is 9.90 Å². The lowest BCUT2D eigenvalue weighted by Crippen LogP contribution is -2.18. The van der Waals surface area contributed by atoms with Crippen LogP contribution in [0.3, 0.4) is 0 Å². The zero-order valence-corrected chi connectivity index (χ0v) is 13.5. The molecule has 2 aromatic carbocycles. The molecule has 0 heterocycles. The molecular weight excluding hydrogens is 330 g/mol. The molecule has 0 aliphatic carbocycles. The highest BCUT2D eigenvalue weighted by Crippen LogP contribution is 2.16. The summed E-state index contributed by atoms with van der Waals surface area (Å²) in [6.07, 6.45) is 0.0703. The van der Waals surface area contributed by atoms with E-state index in [1.54, 1.807) is 0 Å². The van der Waals surface area contributed by atoms with Crippen LogP contribution in [0.25, 0.3) is 0 Å². The number of carboxylic acids is 1. The third kappa shape index (κ3) is 4.99. The van der Waals surface area contributed by atoms with Crippen molar-refractivity contribution in [3.05, 3.63) is 69.7 Å². The fraction of sp³-hybridized carbons (Fsp3) is 0.235. The SMILES string of the molecule is CN(Cc1cccc(Br)c1)Cc1ccccc1CC(=O)O. The fourth-order valence-electron chi connectivity index (χ4n) is 2.34. The van der Waals surface area contributed by atoms with Crippen LogP contribution < -0.4 is 0 Å². The minimum Gasteiger partial charge on any atom is -0.481 e. The predicted molar refractivity (Wildman–Crippen MR) is 87.1 cm³/mol. The van der Waals surface area contributed by atoms with Crippen molar-refractivity contribution >= 4 is 21.9 Å². The van der Waals surface area contributed by atoms with Gasteiger partial charge in [-0.3, -0.25) is 9.69 Å². The quantitative estimate of drug-likeness (QED) is 0.865. The molecule has 110 valence electrons. The van der Waals surface area contributed by atoms with Crippen molar-refractivity contribution in [2.24, 2.45) is 0 Å². The molecule has 0 spiro atoms. The van der Waals surface area contributed by atoms with Gasteiger partial charge in [-0.2, -0.15) is 0 Å². The second-order valence-corrected chi connectivity index (χ2v) is 6.06. The van der Waals surface area contributed by atoms with Gasteiger partial charge >= 0.3 is 5.97 Å². The molecule has 21 heavy (non-hydrogen) atoms. The monoisotopic (exact) mass is 347 g/mol. The molecule has 0 bridgehead atoms. The van der Waals surface area contributed by atoms with Gasteiger partial charge in [0.1, 0.15) is 0 Å². The average Bonchev–Trinajstić information content (AvgIpc) is 2.40. The summed E-state index contributed by atoms with van der Waals surface area (Å²) >= 11 is 3.47. The minimum atomic E-state index is -0.794. The van der Waals surface area contributed by atoms with Crippen molar-refractivity contribution in [3.63, 3.8) is 0 Å². The van der Waals surface area contributed by atoms with Crippen molar-refractivity contribution in [1.82, 2.24) is 4.90 Å². The molecule has 4 heteroatoms. The number of hydrogen-bond acceptors (Lipinski definition) is 2. The van der Waals surface area contributed by atoms with Crippen LogP contribution >= 0.6 is 15.9 Å². The molecule has 0 aliphatic heterocycles. The third-order valence-corrected chi connectivity index (χ3v) is 3.74. The van der Waals surface area contributed by atoms with E-state index in [1.165, 1.54) is 5.56 Å². The largest absolute Gasteiger partial charge is 0.481 e. The zero-order chi connectivity index (χ0) is 15.2. The Morgan fingerprint density at radius 1 is 1.10 bits per heavy atom. The van der Waals surface area contributed by atoms with E-state index in [-0.39, 0.29) is 6.42 Å². The van der Waals surface area contributed by atoms with Gasteiger partial charge in [0.05, 0.1) is 6.42 Å². The van der Waals surface area contributed by atoms with E-state index in [0.29, 0.717) is 0 Å². The Hall–Kier alpha value is -1.65. The molecule has 0 unspecified atom stereocenters. The van der Waals surface area contributed by atoms with Crippen molar-refractivity contribution in [2.45, 2.75) is 19.5 Å². The molecule has 0 radical (unpaired) electrons. The molecule has 2 rings (SSSR count). The summed E-state index contributed by atoms with van der Waals surface area (Å²) in [5, 5.41) is 8.97. The normalized spacial score (nSPS) is 10.8. The second-order valence-electron chi connectivity index (χ2n) is 5.14. The maximum Gasteiger partial charge on any atom is 0.307 e. The van der Waals surface area contributed by atoms with Crippen LogP contribution in [0.15, 0.2) is 53.0 Å². The molecular formula is C17H18BrNO2. The summed E-state index contributed by atoms with van der Waals surface area (Å²) in [7, 11) is 2.04. The minimum absolute atomic E-state index is 0.0703. The molecule has 0 saturated heterocycles. The average molecular weight is 348 g/mol. The molecule has 0 amide bonds. The lowest BCUT2D eigenvalue weighted by molar-refractivity contribution is -0.136. The van der Waals surface area contributed by atoms with E-state index in [2.05, 4.69) is 33.0 Å².